The Morgan fingerprint density at radius 1 is 1.41 bits per heavy atom. The molecule has 2 aromatic rings. The maximum atomic E-state index is 11.8. The van der Waals surface area contributed by atoms with E-state index in [2.05, 4.69) is 5.16 Å². The molecule has 1 aromatic heterocycles. The lowest BCUT2D eigenvalue weighted by Gasteiger charge is -2.04. The Labute approximate surface area is 97.8 Å². The van der Waals surface area contributed by atoms with E-state index in [0.717, 1.165) is 16.7 Å². The first-order valence-electron chi connectivity index (χ1n) is 5.26. The number of carbonyl (C=O) groups is 1. The van der Waals surface area contributed by atoms with Crippen molar-refractivity contribution >= 4 is 11.8 Å². The molecule has 0 saturated heterocycles. The third kappa shape index (κ3) is 1.47. The lowest BCUT2D eigenvalue weighted by atomic mass is 10.0. The Balaban J connectivity index is 2.08. The number of nitrogens with two attached hydrogens (primary N) is 1. The molecule has 0 bridgehead atoms. The first-order valence-corrected chi connectivity index (χ1v) is 5.26. The molecule has 0 spiro atoms. The highest BCUT2D eigenvalue weighted by molar-refractivity contribution is 5.99. The van der Waals surface area contributed by atoms with Crippen LogP contribution in [0.2, 0.25) is 0 Å². The second-order valence-corrected chi connectivity index (χ2v) is 4.15. The number of rotatable bonds is 1. The minimum absolute atomic E-state index is 0.0401. The molecule has 1 aliphatic rings. The zero-order chi connectivity index (χ0) is 12.0. The molecule has 0 aliphatic carbocycles. The van der Waals surface area contributed by atoms with Crippen molar-refractivity contribution in [3.63, 3.8) is 0 Å². The summed E-state index contributed by atoms with van der Waals surface area (Å²) < 4.78 is 4.82. The molecule has 86 valence electrons. The van der Waals surface area contributed by atoms with Crippen molar-refractivity contribution in [3.8, 4) is 11.3 Å². The van der Waals surface area contributed by atoms with Gasteiger partial charge >= 0.3 is 0 Å². The van der Waals surface area contributed by atoms with E-state index in [1.54, 1.807) is 18.0 Å². The van der Waals surface area contributed by atoms with Crippen molar-refractivity contribution in [1.29, 1.82) is 0 Å². The zero-order valence-corrected chi connectivity index (χ0v) is 9.30. The number of benzene rings is 1. The van der Waals surface area contributed by atoms with Crippen molar-refractivity contribution in [2.45, 2.75) is 6.54 Å². The fraction of sp³-hybridized carbons (Fsp3) is 0.167. The van der Waals surface area contributed by atoms with E-state index in [-0.39, 0.29) is 11.8 Å². The third-order valence-electron chi connectivity index (χ3n) is 2.92. The Bertz CT molecular complexity index is 604. The summed E-state index contributed by atoms with van der Waals surface area (Å²) in [6.45, 7) is 0.662. The van der Waals surface area contributed by atoms with Crippen LogP contribution in [0.15, 0.2) is 28.8 Å². The fourth-order valence-electron chi connectivity index (χ4n) is 2.03. The molecule has 0 saturated carbocycles. The van der Waals surface area contributed by atoms with E-state index in [0.29, 0.717) is 12.2 Å². The maximum absolute atomic E-state index is 11.8. The average molecular weight is 229 g/mol. The van der Waals surface area contributed by atoms with Gasteiger partial charge in [0.05, 0.1) is 0 Å². The van der Waals surface area contributed by atoms with E-state index >= 15 is 0 Å². The van der Waals surface area contributed by atoms with Crippen LogP contribution in [0.3, 0.4) is 0 Å². The van der Waals surface area contributed by atoms with Gasteiger partial charge in [0.15, 0.2) is 0 Å². The number of aromatic nitrogens is 1. The zero-order valence-electron chi connectivity index (χ0n) is 9.30. The van der Waals surface area contributed by atoms with Gasteiger partial charge in [-0.1, -0.05) is 17.3 Å². The second kappa shape index (κ2) is 3.35. The first-order chi connectivity index (χ1) is 8.15. The van der Waals surface area contributed by atoms with Crippen LogP contribution in [-0.2, 0) is 6.54 Å². The van der Waals surface area contributed by atoms with Crippen LogP contribution >= 0.6 is 0 Å². The largest absolute Gasteiger partial charge is 0.368 e. The Morgan fingerprint density at radius 2 is 2.24 bits per heavy atom. The minimum Gasteiger partial charge on any atom is -0.368 e. The summed E-state index contributed by atoms with van der Waals surface area (Å²) >= 11 is 0. The molecule has 0 unspecified atom stereocenters. The summed E-state index contributed by atoms with van der Waals surface area (Å²) in [5, 5.41) is 3.83. The highest BCUT2D eigenvalue weighted by Gasteiger charge is 2.24. The number of nitrogens with zero attached hydrogens (tertiary/aromatic N) is 2. The number of nitrogen functional groups attached to an aromatic ring is 1. The van der Waals surface area contributed by atoms with E-state index in [4.69, 9.17) is 10.3 Å². The molecule has 3 rings (SSSR count). The maximum Gasteiger partial charge on any atom is 0.254 e. The molecule has 0 fully saturated rings. The van der Waals surface area contributed by atoms with Gasteiger partial charge in [-0.25, -0.2) is 0 Å². The summed E-state index contributed by atoms with van der Waals surface area (Å²) in [6, 6.07) is 7.34. The van der Waals surface area contributed by atoms with Crippen molar-refractivity contribution in [2.75, 3.05) is 12.8 Å². The second-order valence-electron chi connectivity index (χ2n) is 4.15. The smallest absolute Gasteiger partial charge is 0.254 e. The molecular weight excluding hydrogens is 218 g/mol. The molecule has 2 heterocycles. The van der Waals surface area contributed by atoms with Gasteiger partial charge in [0.1, 0.15) is 5.69 Å². The van der Waals surface area contributed by atoms with Gasteiger partial charge in [-0.05, 0) is 11.6 Å². The molecule has 5 nitrogen and oxygen atoms in total. The Kier molecular flexibility index (Phi) is 1.95. The predicted molar refractivity (Wildman–Crippen MR) is 62.1 cm³/mol. The van der Waals surface area contributed by atoms with Crippen molar-refractivity contribution in [2.24, 2.45) is 0 Å². The van der Waals surface area contributed by atoms with Gasteiger partial charge in [-0.3, -0.25) is 4.79 Å². The lowest BCUT2D eigenvalue weighted by Crippen LogP contribution is -2.17. The van der Waals surface area contributed by atoms with Gasteiger partial charge in [0.25, 0.3) is 5.91 Å². The number of hydrogen-bond acceptors (Lipinski definition) is 4. The summed E-state index contributed by atoms with van der Waals surface area (Å²) in [6.07, 6.45) is 0. The van der Waals surface area contributed by atoms with Crippen molar-refractivity contribution in [1.82, 2.24) is 10.1 Å². The number of anilines is 1. The Morgan fingerprint density at radius 3 is 2.94 bits per heavy atom. The van der Waals surface area contributed by atoms with Crippen LogP contribution in [-0.4, -0.2) is 23.0 Å². The molecule has 2 N–H and O–H groups in total. The van der Waals surface area contributed by atoms with Gasteiger partial charge < -0.3 is 15.2 Å². The standard InChI is InChI=1S/C12H11N3O2/c1-15-6-8-3-2-7(4-9(8)12(15)16)10-5-11(13)17-14-10/h2-5H,6,13H2,1H3. The summed E-state index contributed by atoms with van der Waals surface area (Å²) in [5.41, 5.74) is 8.73. The van der Waals surface area contributed by atoms with Gasteiger partial charge in [0.2, 0.25) is 5.88 Å². The summed E-state index contributed by atoms with van der Waals surface area (Å²) in [5.74, 6) is 0.308. The average Bonchev–Trinajstić information content (AvgIpc) is 2.85. The summed E-state index contributed by atoms with van der Waals surface area (Å²) in [7, 11) is 1.79. The third-order valence-corrected chi connectivity index (χ3v) is 2.92. The van der Waals surface area contributed by atoms with Crippen LogP contribution in [0.25, 0.3) is 11.3 Å². The van der Waals surface area contributed by atoms with Gasteiger partial charge in [-0.15, -0.1) is 0 Å². The summed E-state index contributed by atoms with van der Waals surface area (Å²) in [4.78, 5) is 13.5. The fourth-order valence-corrected chi connectivity index (χ4v) is 2.03. The van der Waals surface area contributed by atoms with E-state index in [1.165, 1.54) is 0 Å². The lowest BCUT2D eigenvalue weighted by molar-refractivity contribution is 0.0816. The number of carbonyl (C=O) groups excluding carboxylic acids is 1. The number of fused-ring (bicyclic) bond motifs is 1. The van der Waals surface area contributed by atoms with Crippen LogP contribution in [0.5, 0.6) is 0 Å². The molecule has 0 radical (unpaired) electrons. The molecule has 1 aromatic carbocycles. The van der Waals surface area contributed by atoms with E-state index in [1.807, 2.05) is 18.2 Å². The van der Waals surface area contributed by atoms with Gasteiger partial charge in [-0.2, -0.15) is 0 Å². The molecular formula is C12H11N3O2. The monoisotopic (exact) mass is 229 g/mol. The van der Waals surface area contributed by atoms with Crippen LogP contribution in [0.4, 0.5) is 5.88 Å². The minimum atomic E-state index is 0.0401. The van der Waals surface area contributed by atoms with Gasteiger partial charge in [0, 0.05) is 30.8 Å². The molecule has 0 atom stereocenters. The number of amides is 1. The SMILES string of the molecule is CN1Cc2ccc(-c3cc(N)on3)cc2C1=O. The van der Waals surface area contributed by atoms with E-state index < -0.39 is 0 Å². The highest BCUT2D eigenvalue weighted by Crippen LogP contribution is 2.27. The molecule has 1 aliphatic heterocycles. The topological polar surface area (TPSA) is 72.4 Å². The van der Waals surface area contributed by atoms with Crippen molar-refractivity contribution in [3.05, 3.63) is 35.4 Å². The van der Waals surface area contributed by atoms with Crippen LogP contribution in [0.1, 0.15) is 15.9 Å². The van der Waals surface area contributed by atoms with Crippen LogP contribution < -0.4 is 5.73 Å². The number of hydrogen-bond donors (Lipinski definition) is 1. The van der Waals surface area contributed by atoms with E-state index in [9.17, 15) is 4.79 Å². The van der Waals surface area contributed by atoms with Crippen molar-refractivity contribution < 1.29 is 9.32 Å². The highest BCUT2D eigenvalue weighted by atomic mass is 16.5. The predicted octanol–water partition coefficient (Wildman–Crippen LogP) is 1.51. The van der Waals surface area contributed by atoms with Crippen LogP contribution in [0, 0.1) is 0 Å². The normalized spacial score (nSPS) is 14.2. The Hall–Kier alpha value is -2.30. The first kappa shape index (κ1) is 9.89. The quantitative estimate of drug-likeness (QED) is 0.804. The molecule has 1 amide bonds. The molecule has 17 heavy (non-hydrogen) atoms. The molecule has 5 heteroatoms.